The van der Waals surface area contributed by atoms with Gasteiger partial charge in [0.15, 0.2) is 0 Å². The number of hydrogen-bond donors (Lipinski definition) is 0. The summed E-state index contributed by atoms with van der Waals surface area (Å²) in [5.41, 5.74) is 4.06. The molecular formula is C9H14S. The van der Waals surface area contributed by atoms with Gasteiger partial charge in [-0.15, -0.1) is 17.5 Å². The topological polar surface area (TPSA) is 0 Å². The van der Waals surface area contributed by atoms with Gasteiger partial charge >= 0.3 is 0 Å². The summed E-state index contributed by atoms with van der Waals surface area (Å²) in [5, 5.41) is 0.468. The summed E-state index contributed by atoms with van der Waals surface area (Å²) < 4.78 is 0. The highest BCUT2D eigenvalue weighted by Crippen LogP contribution is 2.23. The van der Waals surface area contributed by atoms with Crippen LogP contribution in [0.2, 0.25) is 0 Å². The summed E-state index contributed by atoms with van der Waals surface area (Å²) in [5.74, 6) is 0. The van der Waals surface area contributed by atoms with Crippen molar-refractivity contribution >= 4 is 11.8 Å². The average molecular weight is 154 g/mol. The van der Waals surface area contributed by atoms with E-state index in [1.54, 1.807) is 11.8 Å². The highest BCUT2D eigenvalue weighted by atomic mass is 32.2. The third-order valence-electron chi connectivity index (χ3n) is 1.27. The van der Waals surface area contributed by atoms with Gasteiger partial charge < -0.3 is 0 Å². The minimum absolute atomic E-state index is 0.468. The van der Waals surface area contributed by atoms with E-state index in [4.69, 9.17) is 0 Å². The van der Waals surface area contributed by atoms with E-state index < -0.39 is 0 Å². The summed E-state index contributed by atoms with van der Waals surface area (Å²) in [4.78, 5) is 1.14. The van der Waals surface area contributed by atoms with Crippen LogP contribution in [-0.4, -0.2) is 5.25 Å². The Hall–Kier alpha value is -0.390. The minimum atomic E-state index is 0.468. The third kappa shape index (κ3) is 3.60. The fourth-order valence-electron chi connectivity index (χ4n) is 0.534. The van der Waals surface area contributed by atoms with E-state index in [1.807, 2.05) is 13.8 Å². The van der Waals surface area contributed by atoms with E-state index in [1.165, 1.54) is 5.57 Å². The summed E-state index contributed by atoms with van der Waals surface area (Å²) in [6.07, 6.45) is 0. The molecule has 1 unspecified atom stereocenters. The van der Waals surface area contributed by atoms with Gasteiger partial charge in [0.2, 0.25) is 0 Å². The average Bonchev–Trinajstić information content (AvgIpc) is 1.85. The molecule has 0 aliphatic heterocycles. The Kier molecular flexibility index (Phi) is 4.26. The van der Waals surface area contributed by atoms with Crippen LogP contribution in [0.15, 0.2) is 29.4 Å². The molecule has 0 aliphatic rings. The van der Waals surface area contributed by atoms with Gasteiger partial charge in [-0.05, 0) is 31.2 Å². The van der Waals surface area contributed by atoms with E-state index in [9.17, 15) is 0 Å². The zero-order chi connectivity index (χ0) is 8.15. The molecule has 0 heterocycles. The monoisotopic (exact) mass is 154 g/mol. The maximum atomic E-state index is 3.81. The molecule has 0 nitrogen and oxygen atoms in total. The van der Waals surface area contributed by atoms with Crippen LogP contribution >= 0.6 is 11.8 Å². The van der Waals surface area contributed by atoms with Crippen molar-refractivity contribution in [3.8, 4) is 0 Å². The molecule has 10 heavy (non-hydrogen) atoms. The molecule has 0 bridgehead atoms. The van der Waals surface area contributed by atoms with Crippen LogP contribution in [0.4, 0.5) is 0 Å². The molecule has 0 radical (unpaired) electrons. The van der Waals surface area contributed by atoms with Crippen LogP contribution in [0, 0.1) is 0 Å². The molecule has 0 saturated heterocycles. The van der Waals surface area contributed by atoms with Crippen molar-refractivity contribution in [3.63, 3.8) is 0 Å². The van der Waals surface area contributed by atoms with Gasteiger partial charge in [0, 0.05) is 5.25 Å². The second-order valence-electron chi connectivity index (χ2n) is 2.32. The third-order valence-corrected chi connectivity index (χ3v) is 2.38. The van der Waals surface area contributed by atoms with Gasteiger partial charge in [-0.25, -0.2) is 0 Å². The van der Waals surface area contributed by atoms with Crippen molar-refractivity contribution in [1.82, 2.24) is 0 Å². The van der Waals surface area contributed by atoms with Crippen LogP contribution in [0.5, 0.6) is 0 Å². The quantitative estimate of drug-likeness (QED) is 0.562. The molecular weight excluding hydrogens is 140 g/mol. The van der Waals surface area contributed by atoms with Gasteiger partial charge in [-0.1, -0.05) is 13.2 Å². The van der Waals surface area contributed by atoms with Gasteiger partial charge in [-0.2, -0.15) is 0 Å². The summed E-state index contributed by atoms with van der Waals surface area (Å²) in [6.45, 7) is 13.6. The molecule has 0 N–H and O–H groups in total. The van der Waals surface area contributed by atoms with E-state index in [0.717, 1.165) is 4.91 Å². The van der Waals surface area contributed by atoms with Gasteiger partial charge in [0.05, 0.1) is 0 Å². The van der Waals surface area contributed by atoms with E-state index in [2.05, 4.69) is 25.8 Å². The number of thioether (sulfide) groups is 1. The predicted octanol–water partition coefficient (Wildman–Crippen LogP) is 3.37. The lowest BCUT2D eigenvalue weighted by Gasteiger charge is -2.08. The van der Waals surface area contributed by atoms with Crippen molar-refractivity contribution in [2.24, 2.45) is 0 Å². The fourth-order valence-corrected chi connectivity index (χ4v) is 1.40. The van der Waals surface area contributed by atoms with Crippen molar-refractivity contribution in [3.05, 3.63) is 29.4 Å². The molecule has 0 fully saturated rings. The summed E-state index contributed by atoms with van der Waals surface area (Å²) >= 11 is 1.75. The standard InChI is InChI=1S/C9H14S/c1-6-8(4)9(5)10-7(2)3/h9H,1-2H2,3-5H3. The molecule has 1 atom stereocenters. The number of allylic oxidation sites excluding steroid dienone is 1. The Morgan fingerprint density at radius 3 is 2.30 bits per heavy atom. The Morgan fingerprint density at radius 1 is 1.50 bits per heavy atom. The Labute approximate surface area is 67.7 Å². The van der Waals surface area contributed by atoms with Crippen LogP contribution in [0.25, 0.3) is 0 Å². The first-order valence-electron chi connectivity index (χ1n) is 3.26. The van der Waals surface area contributed by atoms with Crippen molar-refractivity contribution in [2.45, 2.75) is 26.0 Å². The lowest BCUT2D eigenvalue weighted by Crippen LogP contribution is -1.95. The van der Waals surface area contributed by atoms with Crippen LogP contribution < -0.4 is 0 Å². The maximum absolute atomic E-state index is 3.81. The molecule has 0 spiro atoms. The lowest BCUT2D eigenvalue weighted by atomic mass is 10.2. The van der Waals surface area contributed by atoms with Crippen molar-refractivity contribution in [1.29, 1.82) is 0 Å². The second-order valence-corrected chi connectivity index (χ2v) is 3.96. The Balaban J connectivity index is 3.97. The maximum Gasteiger partial charge on any atom is 0.0344 e. The molecule has 0 aromatic rings. The van der Waals surface area contributed by atoms with Gasteiger partial charge in [0.1, 0.15) is 0 Å². The number of hydrogen-bond acceptors (Lipinski definition) is 1. The molecule has 56 valence electrons. The molecule has 0 aromatic heterocycles. The van der Waals surface area contributed by atoms with Crippen LogP contribution in [0.1, 0.15) is 20.8 Å². The summed E-state index contributed by atoms with van der Waals surface area (Å²) in [6, 6.07) is 0. The van der Waals surface area contributed by atoms with Gasteiger partial charge in [0.25, 0.3) is 0 Å². The second kappa shape index (κ2) is 4.43. The molecule has 0 saturated carbocycles. The van der Waals surface area contributed by atoms with E-state index in [-0.39, 0.29) is 0 Å². The normalized spacial score (nSPS) is 11.9. The molecule has 0 amide bonds. The predicted molar refractivity (Wildman–Crippen MR) is 50.2 cm³/mol. The fraction of sp³-hybridized carbons (Fsp3) is 0.444. The first kappa shape index (κ1) is 9.61. The van der Waals surface area contributed by atoms with Crippen LogP contribution in [0.3, 0.4) is 0 Å². The first-order chi connectivity index (χ1) is 4.57. The molecule has 0 rings (SSSR count). The smallest absolute Gasteiger partial charge is 0.0344 e. The molecule has 0 aromatic carbocycles. The van der Waals surface area contributed by atoms with Crippen LogP contribution in [-0.2, 0) is 0 Å². The minimum Gasteiger partial charge on any atom is -0.129 e. The van der Waals surface area contributed by atoms with Crippen molar-refractivity contribution in [2.75, 3.05) is 0 Å². The lowest BCUT2D eigenvalue weighted by molar-refractivity contribution is 1.13. The highest BCUT2D eigenvalue weighted by Gasteiger charge is 2.02. The zero-order valence-electron chi connectivity index (χ0n) is 6.90. The van der Waals surface area contributed by atoms with Gasteiger partial charge in [-0.3, -0.25) is 0 Å². The largest absolute Gasteiger partial charge is 0.129 e. The van der Waals surface area contributed by atoms with E-state index in [0.29, 0.717) is 5.25 Å². The van der Waals surface area contributed by atoms with Crippen molar-refractivity contribution < 1.29 is 0 Å². The SMILES string of the molecule is C=C=C(C)C(C)SC(=C)C. The molecule has 0 aliphatic carbocycles. The number of rotatable bonds is 3. The first-order valence-corrected chi connectivity index (χ1v) is 4.14. The molecule has 1 heteroatoms. The zero-order valence-corrected chi connectivity index (χ0v) is 7.72. The van der Waals surface area contributed by atoms with E-state index >= 15 is 0 Å². The Morgan fingerprint density at radius 2 is 2.00 bits per heavy atom. The highest BCUT2D eigenvalue weighted by molar-refractivity contribution is 8.03. The summed E-state index contributed by atoms with van der Waals surface area (Å²) in [7, 11) is 0. The Bertz CT molecular complexity index is 173.